The topological polar surface area (TPSA) is 99.3 Å². The van der Waals surface area contributed by atoms with Gasteiger partial charge in [0.05, 0.1) is 28.1 Å². The number of rotatable bonds is 5. The molecule has 0 spiro atoms. The number of hydrogen-bond donors (Lipinski definition) is 3. The molecule has 1 aliphatic carbocycles. The van der Waals surface area contributed by atoms with Crippen LogP contribution >= 0.6 is 11.3 Å². The van der Waals surface area contributed by atoms with E-state index in [4.69, 9.17) is 4.74 Å². The summed E-state index contributed by atoms with van der Waals surface area (Å²) in [5.41, 5.74) is 5.83. The van der Waals surface area contributed by atoms with Crippen molar-refractivity contribution < 1.29 is 15.2 Å². The van der Waals surface area contributed by atoms with Crippen molar-refractivity contribution in [3.8, 4) is 5.75 Å². The van der Waals surface area contributed by atoms with Gasteiger partial charge in [-0.05, 0) is 60.9 Å². The number of methoxy groups -OCH3 is 1. The summed E-state index contributed by atoms with van der Waals surface area (Å²) in [7, 11) is 1.61. The smallest absolute Gasteiger partial charge is 0.129 e. The molecule has 0 aliphatic heterocycles. The number of aryl methyl sites for hydroxylation is 1. The fourth-order valence-electron chi connectivity index (χ4n) is 4.02. The van der Waals surface area contributed by atoms with Gasteiger partial charge in [-0.3, -0.25) is 4.98 Å². The minimum atomic E-state index is 0.465. The van der Waals surface area contributed by atoms with Gasteiger partial charge < -0.3 is 20.5 Å². The van der Waals surface area contributed by atoms with Gasteiger partial charge in [0.1, 0.15) is 11.5 Å². The first-order chi connectivity index (χ1) is 15.7. The Hall–Kier alpha value is -3.91. The normalized spacial score (nSPS) is 14.7. The van der Waals surface area contributed by atoms with Crippen molar-refractivity contribution in [3.05, 3.63) is 82.5 Å². The molecule has 160 valence electrons. The average Bonchev–Trinajstić information content (AvgIpc) is 3.41. The SMILES string of the molecule is COc1ccc(C(=NO)c2sc3cnccc3c2Nc2ccc3c(c2)CC/C3=N\O)cc1. The molecule has 0 saturated heterocycles. The Bertz CT molecular complexity index is 1360. The van der Waals surface area contributed by atoms with E-state index in [1.807, 2.05) is 48.7 Å². The standard InChI is InChI=1S/C24H20N4O3S/c1-31-17-6-2-14(3-7-17)22(28-30)24-23(19-10-11-25-13-21(19)32-24)26-16-5-8-18-15(12-16)4-9-20(18)27-29/h2-3,5-8,10-13,26,29-30H,4,9H2,1H3/b27-20+,28-22?. The van der Waals surface area contributed by atoms with Crippen LogP contribution in [0.4, 0.5) is 11.4 Å². The minimum absolute atomic E-state index is 0.465. The molecular formula is C24H20N4O3S. The molecule has 2 aromatic heterocycles. The summed E-state index contributed by atoms with van der Waals surface area (Å²) in [6.45, 7) is 0. The first-order valence-electron chi connectivity index (χ1n) is 10.1. The van der Waals surface area contributed by atoms with Crippen molar-refractivity contribution >= 4 is 44.2 Å². The third-order valence-corrected chi connectivity index (χ3v) is 6.76. The molecule has 0 saturated carbocycles. The van der Waals surface area contributed by atoms with Gasteiger partial charge in [0.25, 0.3) is 0 Å². The zero-order chi connectivity index (χ0) is 22.1. The Morgan fingerprint density at radius 2 is 1.94 bits per heavy atom. The third-order valence-electron chi connectivity index (χ3n) is 5.61. The lowest BCUT2D eigenvalue weighted by Gasteiger charge is -2.12. The summed E-state index contributed by atoms with van der Waals surface area (Å²) in [4.78, 5) is 5.05. The van der Waals surface area contributed by atoms with Crippen molar-refractivity contribution in [3.63, 3.8) is 0 Å². The number of anilines is 2. The van der Waals surface area contributed by atoms with Gasteiger partial charge in [-0.2, -0.15) is 0 Å². The van der Waals surface area contributed by atoms with E-state index in [9.17, 15) is 10.4 Å². The van der Waals surface area contributed by atoms with E-state index in [0.717, 1.165) is 61.6 Å². The Labute approximate surface area is 188 Å². The van der Waals surface area contributed by atoms with Crippen LogP contribution in [-0.2, 0) is 6.42 Å². The van der Waals surface area contributed by atoms with Crippen LogP contribution in [-0.4, -0.2) is 33.9 Å². The number of fused-ring (bicyclic) bond motifs is 2. The predicted molar refractivity (Wildman–Crippen MR) is 126 cm³/mol. The van der Waals surface area contributed by atoms with Crippen LogP contribution in [0.2, 0.25) is 0 Å². The highest BCUT2D eigenvalue weighted by Crippen LogP contribution is 2.39. The minimum Gasteiger partial charge on any atom is -0.497 e. The number of pyridine rings is 1. The molecular weight excluding hydrogens is 424 g/mol. The molecule has 3 N–H and O–H groups in total. The fraction of sp³-hybridized carbons (Fsp3) is 0.125. The third kappa shape index (κ3) is 3.44. The monoisotopic (exact) mass is 444 g/mol. The fourth-order valence-corrected chi connectivity index (χ4v) is 5.15. The highest BCUT2D eigenvalue weighted by atomic mass is 32.1. The van der Waals surface area contributed by atoms with Gasteiger partial charge in [-0.25, -0.2) is 0 Å². The quantitative estimate of drug-likeness (QED) is 0.217. The Morgan fingerprint density at radius 1 is 1.09 bits per heavy atom. The van der Waals surface area contributed by atoms with Gasteiger partial charge in [-0.15, -0.1) is 11.3 Å². The van der Waals surface area contributed by atoms with E-state index in [2.05, 4.69) is 26.7 Å². The molecule has 2 heterocycles. The molecule has 8 heteroatoms. The van der Waals surface area contributed by atoms with E-state index in [1.54, 1.807) is 13.3 Å². The van der Waals surface area contributed by atoms with Crippen molar-refractivity contribution in [2.24, 2.45) is 10.3 Å². The van der Waals surface area contributed by atoms with E-state index in [0.29, 0.717) is 11.4 Å². The molecule has 0 radical (unpaired) electrons. The van der Waals surface area contributed by atoms with Crippen LogP contribution in [0.25, 0.3) is 10.1 Å². The Kier molecular flexibility index (Phi) is 5.20. The van der Waals surface area contributed by atoms with E-state index in [1.165, 1.54) is 11.3 Å². The summed E-state index contributed by atoms with van der Waals surface area (Å²) >= 11 is 1.51. The van der Waals surface area contributed by atoms with Crippen LogP contribution in [0.1, 0.15) is 28.0 Å². The summed E-state index contributed by atoms with van der Waals surface area (Å²) in [6.07, 6.45) is 5.12. The molecule has 32 heavy (non-hydrogen) atoms. The number of nitrogens with zero attached hydrogens (tertiary/aromatic N) is 3. The number of nitrogens with one attached hydrogen (secondary N) is 1. The van der Waals surface area contributed by atoms with Gasteiger partial charge in [0, 0.05) is 34.6 Å². The van der Waals surface area contributed by atoms with Gasteiger partial charge >= 0.3 is 0 Å². The molecule has 2 aromatic carbocycles. The molecule has 0 amide bonds. The summed E-state index contributed by atoms with van der Waals surface area (Å²) < 4.78 is 6.23. The number of thiophene rings is 1. The van der Waals surface area contributed by atoms with Gasteiger partial charge in [0.15, 0.2) is 0 Å². The second-order valence-corrected chi connectivity index (χ2v) is 8.45. The molecule has 1 aliphatic rings. The van der Waals surface area contributed by atoms with Crippen molar-refractivity contribution in [1.82, 2.24) is 4.98 Å². The molecule has 0 bridgehead atoms. The summed E-state index contributed by atoms with van der Waals surface area (Å²) in [6, 6.07) is 15.4. The zero-order valence-corrected chi connectivity index (χ0v) is 18.1. The number of hydrogen-bond acceptors (Lipinski definition) is 8. The molecule has 0 unspecified atom stereocenters. The highest BCUT2D eigenvalue weighted by molar-refractivity contribution is 7.21. The number of benzene rings is 2. The van der Waals surface area contributed by atoms with Crippen molar-refractivity contribution in [1.29, 1.82) is 0 Å². The van der Waals surface area contributed by atoms with Gasteiger partial charge in [-0.1, -0.05) is 16.4 Å². The Balaban J connectivity index is 1.59. The molecule has 5 rings (SSSR count). The second kappa shape index (κ2) is 8.32. The van der Waals surface area contributed by atoms with Crippen LogP contribution in [0.3, 0.4) is 0 Å². The van der Waals surface area contributed by atoms with Crippen LogP contribution < -0.4 is 10.1 Å². The lowest BCUT2D eigenvalue weighted by Crippen LogP contribution is -2.05. The summed E-state index contributed by atoms with van der Waals surface area (Å²) in [5.74, 6) is 0.730. The predicted octanol–water partition coefficient (Wildman–Crippen LogP) is 5.40. The number of aromatic nitrogens is 1. The van der Waals surface area contributed by atoms with Crippen LogP contribution in [0.5, 0.6) is 5.75 Å². The van der Waals surface area contributed by atoms with Crippen LogP contribution in [0, 0.1) is 0 Å². The van der Waals surface area contributed by atoms with E-state index >= 15 is 0 Å². The summed E-state index contributed by atoms with van der Waals surface area (Å²) in [5, 5.41) is 30.7. The lowest BCUT2D eigenvalue weighted by molar-refractivity contribution is 0.318. The highest BCUT2D eigenvalue weighted by Gasteiger charge is 2.22. The first kappa shape index (κ1) is 20.0. The maximum absolute atomic E-state index is 9.94. The second-order valence-electron chi connectivity index (χ2n) is 7.40. The molecule has 0 fully saturated rings. The van der Waals surface area contributed by atoms with Crippen molar-refractivity contribution in [2.75, 3.05) is 12.4 Å². The molecule has 0 atom stereocenters. The molecule has 4 aromatic rings. The van der Waals surface area contributed by atoms with Gasteiger partial charge in [0.2, 0.25) is 0 Å². The zero-order valence-electron chi connectivity index (χ0n) is 17.2. The number of ether oxygens (including phenoxy) is 1. The maximum atomic E-state index is 9.94. The number of oxime groups is 2. The average molecular weight is 445 g/mol. The first-order valence-corrected chi connectivity index (χ1v) is 10.9. The molecule has 7 nitrogen and oxygen atoms in total. The van der Waals surface area contributed by atoms with E-state index < -0.39 is 0 Å². The van der Waals surface area contributed by atoms with E-state index in [-0.39, 0.29) is 0 Å². The van der Waals surface area contributed by atoms with Crippen LogP contribution in [0.15, 0.2) is 71.2 Å². The Morgan fingerprint density at radius 3 is 2.69 bits per heavy atom. The maximum Gasteiger partial charge on any atom is 0.129 e. The largest absolute Gasteiger partial charge is 0.497 e. The van der Waals surface area contributed by atoms with Crippen molar-refractivity contribution in [2.45, 2.75) is 12.8 Å². The lowest BCUT2D eigenvalue weighted by atomic mass is 10.1.